The van der Waals surface area contributed by atoms with E-state index in [2.05, 4.69) is 10.1 Å². The fraction of sp³-hybridized carbons (Fsp3) is 0.429. The molecule has 7 heteroatoms. The number of hydrogen-bond acceptors (Lipinski definition) is 4. The number of nitrogens with one attached hydrogen (secondary N) is 1. The molecule has 1 N–H and O–H groups in total. The minimum Gasteiger partial charge on any atom is -0.469 e. The van der Waals surface area contributed by atoms with Gasteiger partial charge in [-0.3, -0.25) is 14.5 Å². The first-order chi connectivity index (χ1) is 9.93. The molecule has 116 valence electrons. The molecule has 0 saturated heterocycles. The Labute approximate surface area is 121 Å². The number of methoxy groups -OCH3 is 1. The highest BCUT2D eigenvalue weighted by atomic mass is 19.1. The molecule has 1 aromatic carbocycles. The zero-order valence-corrected chi connectivity index (χ0v) is 12.0. The van der Waals surface area contributed by atoms with Crippen LogP contribution >= 0.6 is 0 Å². The lowest BCUT2D eigenvalue weighted by Gasteiger charge is -2.16. The van der Waals surface area contributed by atoms with Gasteiger partial charge >= 0.3 is 5.97 Å². The SMILES string of the molecule is COC(=O)CCCN(C)CC(=O)Nc1c(F)cccc1F. The quantitative estimate of drug-likeness (QED) is 0.780. The molecule has 0 aliphatic rings. The summed E-state index contributed by atoms with van der Waals surface area (Å²) < 4.78 is 31.2. The summed E-state index contributed by atoms with van der Waals surface area (Å²) in [6, 6.07) is 3.36. The Balaban J connectivity index is 2.41. The van der Waals surface area contributed by atoms with Crippen LogP contribution in [0.4, 0.5) is 14.5 Å². The van der Waals surface area contributed by atoms with Crippen LogP contribution in [0.25, 0.3) is 0 Å². The molecule has 0 spiro atoms. The molecule has 0 aromatic heterocycles. The molecule has 1 rings (SSSR count). The third-order valence-electron chi connectivity index (χ3n) is 2.79. The van der Waals surface area contributed by atoms with Crippen molar-refractivity contribution in [3.63, 3.8) is 0 Å². The predicted molar refractivity (Wildman–Crippen MR) is 73.7 cm³/mol. The van der Waals surface area contributed by atoms with Gasteiger partial charge in [0.2, 0.25) is 5.91 Å². The van der Waals surface area contributed by atoms with Crippen LogP contribution in [0.3, 0.4) is 0 Å². The Morgan fingerprint density at radius 1 is 1.29 bits per heavy atom. The summed E-state index contributed by atoms with van der Waals surface area (Å²) in [6.45, 7) is 0.456. The molecule has 21 heavy (non-hydrogen) atoms. The van der Waals surface area contributed by atoms with Crippen molar-refractivity contribution in [3.05, 3.63) is 29.8 Å². The summed E-state index contributed by atoms with van der Waals surface area (Å²) in [7, 11) is 2.98. The first-order valence-electron chi connectivity index (χ1n) is 6.43. The van der Waals surface area contributed by atoms with Crippen molar-refractivity contribution in [2.75, 3.05) is 32.6 Å². The number of carbonyl (C=O) groups excluding carboxylic acids is 2. The van der Waals surface area contributed by atoms with Gasteiger partial charge in [-0.15, -0.1) is 0 Å². The van der Waals surface area contributed by atoms with Crippen LogP contribution in [0.5, 0.6) is 0 Å². The normalized spacial score (nSPS) is 10.5. The highest BCUT2D eigenvalue weighted by molar-refractivity contribution is 5.92. The molecule has 1 amide bonds. The van der Waals surface area contributed by atoms with E-state index in [4.69, 9.17) is 0 Å². The monoisotopic (exact) mass is 300 g/mol. The summed E-state index contributed by atoms with van der Waals surface area (Å²) in [5.41, 5.74) is -0.453. The van der Waals surface area contributed by atoms with E-state index in [-0.39, 0.29) is 18.9 Å². The number of amides is 1. The van der Waals surface area contributed by atoms with Crippen LogP contribution in [0.2, 0.25) is 0 Å². The summed E-state index contributed by atoms with van der Waals surface area (Å²) in [6.07, 6.45) is 0.787. The number of halogens is 2. The van der Waals surface area contributed by atoms with E-state index in [0.29, 0.717) is 13.0 Å². The van der Waals surface area contributed by atoms with Crippen molar-refractivity contribution in [3.8, 4) is 0 Å². The second-order valence-corrected chi connectivity index (χ2v) is 4.56. The van der Waals surface area contributed by atoms with Crippen molar-refractivity contribution in [2.24, 2.45) is 0 Å². The second-order valence-electron chi connectivity index (χ2n) is 4.56. The van der Waals surface area contributed by atoms with Crippen molar-refractivity contribution < 1.29 is 23.1 Å². The van der Waals surface area contributed by atoms with E-state index in [0.717, 1.165) is 12.1 Å². The molecule has 0 heterocycles. The third kappa shape index (κ3) is 5.86. The first-order valence-corrected chi connectivity index (χ1v) is 6.43. The number of ether oxygens (including phenoxy) is 1. The number of benzene rings is 1. The Morgan fingerprint density at radius 2 is 1.90 bits per heavy atom. The molecule has 0 fully saturated rings. The first kappa shape index (κ1) is 17.0. The van der Waals surface area contributed by atoms with Crippen molar-refractivity contribution in [2.45, 2.75) is 12.8 Å². The van der Waals surface area contributed by atoms with Gasteiger partial charge in [-0.2, -0.15) is 0 Å². The van der Waals surface area contributed by atoms with Crippen LogP contribution in [-0.4, -0.2) is 44.0 Å². The number of anilines is 1. The van der Waals surface area contributed by atoms with Gasteiger partial charge in [0.05, 0.1) is 13.7 Å². The van der Waals surface area contributed by atoms with Gasteiger partial charge in [0.25, 0.3) is 0 Å². The molecular formula is C14H18F2N2O3. The summed E-state index contributed by atoms with van der Waals surface area (Å²) in [5, 5.41) is 2.20. The van der Waals surface area contributed by atoms with Gasteiger partial charge < -0.3 is 10.1 Å². The maximum absolute atomic E-state index is 13.4. The molecule has 0 bridgehead atoms. The van der Waals surface area contributed by atoms with Gasteiger partial charge in [0.15, 0.2) is 0 Å². The van der Waals surface area contributed by atoms with E-state index in [1.807, 2.05) is 0 Å². The van der Waals surface area contributed by atoms with E-state index in [9.17, 15) is 18.4 Å². The number of hydrogen-bond donors (Lipinski definition) is 1. The molecular weight excluding hydrogens is 282 g/mol. The minimum atomic E-state index is -0.823. The van der Waals surface area contributed by atoms with E-state index in [1.54, 1.807) is 11.9 Å². The summed E-state index contributed by atoms with van der Waals surface area (Å²) in [5.74, 6) is -2.49. The molecule has 5 nitrogen and oxygen atoms in total. The number of rotatable bonds is 7. The van der Waals surface area contributed by atoms with Crippen molar-refractivity contribution in [1.29, 1.82) is 0 Å². The standard InChI is InChI=1S/C14H18F2N2O3/c1-18(8-4-7-13(20)21-2)9-12(19)17-14-10(15)5-3-6-11(14)16/h3,5-6H,4,7-9H2,1-2H3,(H,17,19). The number of likely N-dealkylation sites (N-methyl/N-ethyl adjacent to an activating group) is 1. The second kappa shape index (κ2) is 8.31. The van der Waals surface area contributed by atoms with E-state index >= 15 is 0 Å². The maximum Gasteiger partial charge on any atom is 0.305 e. The molecule has 0 atom stereocenters. The lowest BCUT2D eigenvalue weighted by molar-refractivity contribution is -0.140. The average Bonchev–Trinajstić information content (AvgIpc) is 2.42. The van der Waals surface area contributed by atoms with E-state index < -0.39 is 23.2 Å². The topological polar surface area (TPSA) is 58.6 Å². The van der Waals surface area contributed by atoms with Crippen molar-refractivity contribution >= 4 is 17.6 Å². The molecule has 0 aliphatic carbocycles. The minimum absolute atomic E-state index is 0.0328. The van der Waals surface area contributed by atoms with Crippen LogP contribution < -0.4 is 5.32 Å². The van der Waals surface area contributed by atoms with Gasteiger partial charge in [0, 0.05) is 6.42 Å². The van der Waals surface area contributed by atoms with Crippen LogP contribution in [0.15, 0.2) is 18.2 Å². The lowest BCUT2D eigenvalue weighted by atomic mass is 10.2. The molecule has 0 aliphatic heterocycles. The largest absolute Gasteiger partial charge is 0.469 e. The molecule has 0 saturated carbocycles. The fourth-order valence-corrected chi connectivity index (χ4v) is 1.72. The zero-order valence-electron chi connectivity index (χ0n) is 12.0. The van der Waals surface area contributed by atoms with Gasteiger partial charge in [-0.05, 0) is 32.1 Å². The van der Waals surface area contributed by atoms with Gasteiger partial charge in [-0.25, -0.2) is 8.78 Å². The van der Waals surface area contributed by atoms with Gasteiger partial charge in [0.1, 0.15) is 17.3 Å². The van der Waals surface area contributed by atoms with E-state index in [1.165, 1.54) is 13.2 Å². The highest BCUT2D eigenvalue weighted by Crippen LogP contribution is 2.17. The van der Waals surface area contributed by atoms with Crippen LogP contribution in [-0.2, 0) is 14.3 Å². The Morgan fingerprint density at radius 3 is 2.48 bits per heavy atom. The summed E-state index contributed by atoms with van der Waals surface area (Å²) in [4.78, 5) is 24.3. The lowest BCUT2D eigenvalue weighted by Crippen LogP contribution is -2.31. The van der Waals surface area contributed by atoms with Crippen LogP contribution in [0, 0.1) is 11.6 Å². The smallest absolute Gasteiger partial charge is 0.305 e. The maximum atomic E-state index is 13.4. The predicted octanol–water partition coefficient (Wildman–Crippen LogP) is 1.79. The zero-order chi connectivity index (χ0) is 15.8. The molecule has 0 radical (unpaired) electrons. The van der Waals surface area contributed by atoms with Gasteiger partial charge in [-0.1, -0.05) is 6.07 Å². The Bertz CT molecular complexity index is 489. The number of nitrogens with zero attached hydrogens (tertiary/aromatic N) is 1. The fourth-order valence-electron chi connectivity index (χ4n) is 1.72. The highest BCUT2D eigenvalue weighted by Gasteiger charge is 2.13. The number of para-hydroxylation sites is 1. The average molecular weight is 300 g/mol. The number of esters is 1. The third-order valence-corrected chi connectivity index (χ3v) is 2.79. The summed E-state index contributed by atoms with van der Waals surface area (Å²) >= 11 is 0. The molecule has 0 unspecified atom stereocenters. The Hall–Kier alpha value is -2.02. The molecule has 1 aromatic rings. The van der Waals surface area contributed by atoms with Crippen LogP contribution in [0.1, 0.15) is 12.8 Å². The number of carbonyl (C=O) groups is 2. The van der Waals surface area contributed by atoms with Crippen molar-refractivity contribution in [1.82, 2.24) is 4.90 Å². The Kier molecular flexibility index (Phi) is 6.74.